The zero-order chi connectivity index (χ0) is 16.4. The van der Waals surface area contributed by atoms with Crippen LogP contribution < -0.4 is 5.73 Å². The van der Waals surface area contributed by atoms with Crippen molar-refractivity contribution < 1.29 is 4.74 Å². The summed E-state index contributed by atoms with van der Waals surface area (Å²) in [6.45, 7) is 3.03. The summed E-state index contributed by atoms with van der Waals surface area (Å²) >= 11 is 0. The van der Waals surface area contributed by atoms with Gasteiger partial charge in [0.15, 0.2) is 0 Å². The Morgan fingerprint density at radius 2 is 2.00 bits per heavy atom. The van der Waals surface area contributed by atoms with Crippen LogP contribution in [0.5, 0.6) is 0 Å². The number of fused-ring (bicyclic) bond motifs is 1. The third-order valence-corrected chi connectivity index (χ3v) is 4.25. The van der Waals surface area contributed by atoms with Crippen LogP contribution in [0.2, 0.25) is 0 Å². The van der Waals surface area contributed by atoms with E-state index >= 15 is 0 Å². The van der Waals surface area contributed by atoms with Crippen molar-refractivity contribution in [2.45, 2.75) is 12.6 Å². The molecule has 1 aliphatic heterocycles. The number of nitrogen functional groups attached to an aromatic ring is 1. The number of rotatable bonds is 3. The number of aromatic nitrogens is 3. The highest BCUT2D eigenvalue weighted by Gasteiger charge is 2.25. The predicted molar refractivity (Wildman–Crippen MR) is 92.2 cm³/mol. The van der Waals surface area contributed by atoms with Crippen molar-refractivity contribution in [1.29, 1.82) is 0 Å². The number of hydrogen-bond donors (Lipinski definition) is 1. The van der Waals surface area contributed by atoms with Crippen LogP contribution in [0.4, 0.5) is 5.82 Å². The molecular formula is C18H19N5O. The first-order valence-corrected chi connectivity index (χ1v) is 8.04. The van der Waals surface area contributed by atoms with Gasteiger partial charge in [-0.3, -0.25) is 14.9 Å². The monoisotopic (exact) mass is 321 g/mol. The second-order valence-corrected chi connectivity index (χ2v) is 5.92. The molecule has 0 amide bonds. The quantitative estimate of drug-likeness (QED) is 0.797. The second kappa shape index (κ2) is 6.51. The number of pyridine rings is 1. The summed E-state index contributed by atoms with van der Waals surface area (Å²) in [5, 5.41) is 1.16. The first-order chi connectivity index (χ1) is 11.8. The minimum Gasteiger partial charge on any atom is -0.382 e. The zero-order valence-electron chi connectivity index (χ0n) is 13.3. The molecular weight excluding hydrogens is 302 g/mol. The summed E-state index contributed by atoms with van der Waals surface area (Å²) in [4.78, 5) is 15.5. The molecule has 0 spiro atoms. The van der Waals surface area contributed by atoms with Crippen LogP contribution in [-0.2, 0) is 11.3 Å². The van der Waals surface area contributed by atoms with Gasteiger partial charge in [0.05, 0.1) is 17.8 Å². The lowest BCUT2D eigenvalue weighted by Crippen LogP contribution is -2.38. The maximum atomic E-state index is 5.93. The largest absolute Gasteiger partial charge is 0.382 e. The van der Waals surface area contributed by atoms with Crippen molar-refractivity contribution in [2.75, 3.05) is 25.4 Å². The minimum absolute atomic E-state index is 0.145. The lowest BCUT2D eigenvalue weighted by molar-refractivity contribution is -0.0350. The van der Waals surface area contributed by atoms with Gasteiger partial charge in [0.25, 0.3) is 0 Å². The number of morpholine rings is 1. The van der Waals surface area contributed by atoms with Gasteiger partial charge in [0.1, 0.15) is 17.6 Å². The average molecular weight is 321 g/mol. The Balaban J connectivity index is 1.50. The molecule has 2 N–H and O–H groups in total. The van der Waals surface area contributed by atoms with Gasteiger partial charge in [-0.15, -0.1) is 0 Å². The average Bonchev–Trinajstić information content (AvgIpc) is 2.62. The Morgan fingerprint density at radius 3 is 2.92 bits per heavy atom. The lowest BCUT2D eigenvalue weighted by atomic mass is 10.1. The topological polar surface area (TPSA) is 77.2 Å². The first kappa shape index (κ1) is 15.0. The number of nitrogens with two attached hydrogens (primary N) is 1. The van der Waals surface area contributed by atoms with E-state index in [0.717, 1.165) is 36.2 Å². The molecule has 0 saturated carbocycles. The smallest absolute Gasteiger partial charge is 0.147 e. The van der Waals surface area contributed by atoms with Crippen molar-refractivity contribution in [3.8, 4) is 0 Å². The first-order valence-electron chi connectivity index (χ1n) is 8.04. The van der Waals surface area contributed by atoms with Gasteiger partial charge < -0.3 is 10.5 Å². The summed E-state index contributed by atoms with van der Waals surface area (Å²) in [7, 11) is 0. The van der Waals surface area contributed by atoms with Crippen molar-refractivity contribution in [1.82, 2.24) is 19.9 Å². The van der Waals surface area contributed by atoms with Gasteiger partial charge in [0, 0.05) is 37.4 Å². The number of nitrogens with zero attached hydrogens (tertiary/aromatic N) is 4. The Kier molecular flexibility index (Phi) is 4.06. The van der Waals surface area contributed by atoms with Crippen LogP contribution in [0.15, 0.2) is 48.8 Å². The number of ether oxygens (including phenoxy) is 1. The Bertz CT molecular complexity index is 853. The lowest BCUT2D eigenvalue weighted by Gasteiger charge is -2.32. The molecule has 3 heterocycles. The van der Waals surface area contributed by atoms with Crippen LogP contribution >= 0.6 is 0 Å². The van der Waals surface area contributed by atoms with Crippen molar-refractivity contribution in [3.63, 3.8) is 0 Å². The molecule has 0 radical (unpaired) electrons. The van der Waals surface area contributed by atoms with Crippen molar-refractivity contribution >= 4 is 16.7 Å². The minimum atomic E-state index is -0.145. The molecule has 1 saturated heterocycles. The summed E-state index contributed by atoms with van der Waals surface area (Å²) in [6, 6.07) is 12.4. The van der Waals surface area contributed by atoms with E-state index in [1.165, 1.54) is 0 Å². The molecule has 0 bridgehead atoms. The summed E-state index contributed by atoms with van der Waals surface area (Å²) in [6.07, 6.45) is 3.10. The molecule has 0 unspecified atom stereocenters. The molecule has 6 nitrogen and oxygen atoms in total. The standard InChI is InChI=1S/C18H19N5O/c19-18-17(20-7-8-21-18)16-12-23(9-10-24-16)11-14-6-5-13-3-1-2-4-15(13)22-14/h1-8,16H,9-12H2,(H2,19,21)/t16-/m0/s1. The van der Waals surface area contributed by atoms with Gasteiger partial charge in [0.2, 0.25) is 0 Å². The molecule has 1 aliphatic rings. The molecule has 1 fully saturated rings. The molecule has 3 aromatic rings. The van der Waals surface area contributed by atoms with E-state index in [1.54, 1.807) is 12.4 Å². The highest BCUT2D eigenvalue weighted by atomic mass is 16.5. The van der Waals surface area contributed by atoms with Crippen molar-refractivity contribution in [2.24, 2.45) is 0 Å². The molecule has 6 heteroatoms. The van der Waals surface area contributed by atoms with Crippen molar-refractivity contribution in [3.05, 3.63) is 60.2 Å². The highest BCUT2D eigenvalue weighted by molar-refractivity contribution is 5.78. The van der Waals surface area contributed by atoms with E-state index < -0.39 is 0 Å². The highest BCUT2D eigenvalue weighted by Crippen LogP contribution is 2.24. The molecule has 1 aromatic carbocycles. The number of para-hydroxylation sites is 1. The number of hydrogen-bond acceptors (Lipinski definition) is 6. The van der Waals surface area contributed by atoms with E-state index in [0.29, 0.717) is 18.1 Å². The van der Waals surface area contributed by atoms with Crippen LogP contribution in [0.3, 0.4) is 0 Å². The molecule has 1 atom stereocenters. The van der Waals surface area contributed by atoms with E-state index in [2.05, 4.69) is 33.1 Å². The Hall–Kier alpha value is -2.57. The summed E-state index contributed by atoms with van der Waals surface area (Å²) in [5.74, 6) is 0.438. The summed E-state index contributed by atoms with van der Waals surface area (Å²) in [5.41, 5.74) is 8.73. The fourth-order valence-corrected chi connectivity index (χ4v) is 3.04. The Labute approximate surface area is 140 Å². The second-order valence-electron chi connectivity index (χ2n) is 5.92. The predicted octanol–water partition coefficient (Wildman–Crippen LogP) is 2.18. The number of anilines is 1. The number of benzene rings is 1. The third-order valence-electron chi connectivity index (χ3n) is 4.25. The maximum absolute atomic E-state index is 5.93. The van der Waals surface area contributed by atoms with E-state index in [1.807, 2.05) is 18.2 Å². The third kappa shape index (κ3) is 3.06. The van der Waals surface area contributed by atoms with Crippen LogP contribution in [0.25, 0.3) is 10.9 Å². The fourth-order valence-electron chi connectivity index (χ4n) is 3.04. The zero-order valence-corrected chi connectivity index (χ0v) is 13.3. The molecule has 4 rings (SSSR count). The van der Waals surface area contributed by atoms with E-state index in [-0.39, 0.29) is 6.10 Å². The van der Waals surface area contributed by atoms with Crippen LogP contribution in [0, 0.1) is 0 Å². The van der Waals surface area contributed by atoms with E-state index in [9.17, 15) is 0 Å². The fraction of sp³-hybridized carbons (Fsp3) is 0.278. The van der Waals surface area contributed by atoms with E-state index in [4.69, 9.17) is 15.5 Å². The molecule has 24 heavy (non-hydrogen) atoms. The van der Waals surface area contributed by atoms with Gasteiger partial charge in [-0.05, 0) is 12.1 Å². The van der Waals surface area contributed by atoms with Gasteiger partial charge in [-0.25, -0.2) is 4.98 Å². The SMILES string of the molecule is Nc1nccnc1[C@@H]1CN(Cc2ccc3ccccc3n2)CCO1. The van der Waals surface area contributed by atoms with Crippen LogP contribution in [0.1, 0.15) is 17.5 Å². The molecule has 0 aliphatic carbocycles. The molecule has 2 aromatic heterocycles. The van der Waals surface area contributed by atoms with Gasteiger partial charge in [-0.2, -0.15) is 0 Å². The Morgan fingerprint density at radius 1 is 1.12 bits per heavy atom. The maximum Gasteiger partial charge on any atom is 0.147 e. The molecule has 122 valence electrons. The van der Waals surface area contributed by atoms with Gasteiger partial charge >= 0.3 is 0 Å². The normalized spacial score (nSPS) is 18.8. The van der Waals surface area contributed by atoms with Crippen LogP contribution in [-0.4, -0.2) is 39.5 Å². The van der Waals surface area contributed by atoms with Gasteiger partial charge in [-0.1, -0.05) is 24.3 Å². The summed E-state index contributed by atoms with van der Waals surface area (Å²) < 4.78 is 5.84.